The van der Waals surface area contributed by atoms with E-state index in [4.69, 9.17) is 0 Å². The molecule has 1 atom stereocenters. The molecule has 206 valence electrons. The Morgan fingerprint density at radius 2 is 1.78 bits per heavy atom. The maximum atomic E-state index is 13.9. The van der Waals surface area contributed by atoms with Gasteiger partial charge in [-0.15, -0.1) is 6.58 Å². The zero-order valence-electron chi connectivity index (χ0n) is 24.9. The number of aryl methyl sites for hydroxylation is 1. The van der Waals surface area contributed by atoms with Gasteiger partial charge in [-0.25, -0.2) is 9.40 Å². The van der Waals surface area contributed by atoms with Crippen LogP contribution in [0.15, 0.2) is 72.5 Å². The highest BCUT2D eigenvalue weighted by molar-refractivity contribution is 5.76. The molecule has 3 rings (SSSR count). The van der Waals surface area contributed by atoms with Crippen molar-refractivity contribution in [3.8, 4) is 0 Å². The summed E-state index contributed by atoms with van der Waals surface area (Å²) in [5.74, 6) is -0.154. The van der Waals surface area contributed by atoms with Crippen molar-refractivity contribution in [3.05, 3.63) is 89.4 Å². The summed E-state index contributed by atoms with van der Waals surface area (Å²) in [5, 5.41) is 4.92. The van der Waals surface area contributed by atoms with Gasteiger partial charge in [-0.2, -0.15) is 0 Å². The summed E-state index contributed by atoms with van der Waals surface area (Å²) in [7, 11) is 2.11. The Bertz CT molecular complexity index is 941. The molecule has 2 aliphatic heterocycles. The minimum atomic E-state index is -0.154. The number of benzene rings is 1. The van der Waals surface area contributed by atoms with Crippen molar-refractivity contribution < 1.29 is 4.39 Å². The predicted octanol–water partition coefficient (Wildman–Crippen LogP) is 8.92. The van der Waals surface area contributed by atoms with Gasteiger partial charge in [0, 0.05) is 44.0 Å². The molecule has 1 aromatic carbocycles. The van der Waals surface area contributed by atoms with E-state index in [1.165, 1.54) is 30.4 Å². The molecule has 0 radical (unpaired) electrons. The Morgan fingerprint density at radius 3 is 2.38 bits per heavy atom. The van der Waals surface area contributed by atoms with E-state index in [1.807, 2.05) is 39.0 Å². The van der Waals surface area contributed by atoms with Crippen molar-refractivity contribution in [1.82, 2.24) is 14.9 Å². The van der Waals surface area contributed by atoms with Gasteiger partial charge in [-0.1, -0.05) is 77.8 Å². The van der Waals surface area contributed by atoms with E-state index in [1.54, 1.807) is 6.07 Å². The maximum absolute atomic E-state index is 13.9. The molecule has 0 amide bonds. The standard InChI is InChI=1S/C27H38FN3.C4H8.C2H6/c1-6-8-9-18-30(16-7-2)31-20-24(13-12-22(31)4)25-11-10-17-29(5)27(25)23-14-15-26(28)21(3)19-23;1-3-4-2;1-2/h10-15,19-20,22H,6-9,16-18H2,1-5H3;3H,1,4H2,2H3;1-2H3. The van der Waals surface area contributed by atoms with Crippen LogP contribution in [0.1, 0.15) is 84.8 Å². The molecule has 1 unspecified atom stereocenters. The Labute approximate surface area is 227 Å². The van der Waals surface area contributed by atoms with Gasteiger partial charge in [-0.05, 0) is 62.4 Å². The zero-order valence-corrected chi connectivity index (χ0v) is 24.9. The predicted molar refractivity (Wildman–Crippen MR) is 162 cm³/mol. The lowest BCUT2D eigenvalue weighted by molar-refractivity contribution is 0.000535. The summed E-state index contributed by atoms with van der Waals surface area (Å²) in [6.45, 7) is 21.1. The molecule has 0 saturated carbocycles. The summed E-state index contributed by atoms with van der Waals surface area (Å²) in [6.07, 6.45) is 19.1. The van der Waals surface area contributed by atoms with E-state index in [9.17, 15) is 4.39 Å². The van der Waals surface area contributed by atoms with Gasteiger partial charge in [0.25, 0.3) is 0 Å². The highest BCUT2D eigenvalue weighted by Gasteiger charge is 2.24. The van der Waals surface area contributed by atoms with E-state index in [0.29, 0.717) is 11.6 Å². The number of halogens is 1. The number of nitrogens with zero attached hydrogens (tertiary/aromatic N) is 3. The zero-order chi connectivity index (χ0) is 27.8. The molecule has 2 heterocycles. The highest BCUT2D eigenvalue weighted by atomic mass is 19.1. The second-order valence-electron chi connectivity index (χ2n) is 9.43. The number of hydrazine groups is 1. The minimum absolute atomic E-state index is 0.154. The van der Waals surface area contributed by atoms with Gasteiger partial charge in [0.05, 0.1) is 11.7 Å². The van der Waals surface area contributed by atoms with Crippen LogP contribution in [0.4, 0.5) is 4.39 Å². The van der Waals surface area contributed by atoms with Crippen LogP contribution in [-0.2, 0) is 0 Å². The monoisotopic (exact) mass is 509 g/mol. The molecule has 1 aromatic rings. The first kappa shape index (κ1) is 32.4. The fourth-order valence-electron chi connectivity index (χ4n) is 4.38. The second kappa shape index (κ2) is 17.8. The number of hydrogen-bond donors (Lipinski definition) is 0. The van der Waals surface area contributed by atoms with Crippen LogP contribution in [-0.4, -0.2) is 47.6 Å². The summed E-state index contributed by atoms with van der Waals surface area (Å²) in [6, 6.07) is 5.77. The van der Waals surface area contributed by atoms with Crippen LogP contribution in [0.2, 0.25) is 0 Å². The van der Waals surface area contributed by atoms with Crippen LogP contribution in [0.25, 0.3) is 5.70 Å². The summed E-state index contributed by atoms with van der Waals surface area (Å²) in [5.41, 5.74) is 5.30. The lowest BCUT2D eigenvalue weighted by Gasteiger charge is -2.40. The number of rotatable bonds is 10. The fraction of sp³-hybridized carbons (Fsp3) is 0.515. The molecule has 0 N–H and O–H groups in total. The van der Waals surface area contributed by atoms with Gasteiger partial charge >= 0.3 is 0 Å². The molecule has 0 bridgehead atoms. The van der Waals surface area contributed by atoms with Crippen molar-refractivity contribution in [2.24, 2.45) is 0 Å². The van der Waals surface area contributed by atoms with Crippen LogP contribution < -0.4 is 0 Å². The normalized spacial score (nSPS) is 16.7. The van der Waals surface area contributed by atoms with Crippen molar-refractivity contribution in [2.75, 3.05) is 26.7 Å². The lowest BCUT2D eigenvalue weighted by Crippen LogP contribution is -2.45. The molecular formula is C33H52FN3. The molecular weight excluding hydrogens is 457 g/mol. The largest absolute Gasteiger partial charge is 0.370 e. The first-order valence-electron chi connectivity index (χ1n) is 14.3. The number of unbranched alkanes of at least 4 members (excludes halogenated alkanes) is 2. The Kier molecular flexibility index (Phi) is 15.6. The smallest absolute Gasteiger partial charge is 0.126 e. The van der Waals surface area contributed by atoms with Gasteiger partial charge in [0.2, 0.25) is 0 Å². The summed E-state index contributed by atoms with van der Waals surface area (Å²) >= 11 is 0. The summed E-state index contributed by atoms with van der Waals surface area (Å²) < 4.78 is 13.9. The molecule has 3 nitrogen and oxygen atoms in total. The molecule has 0 saturated heterocycles. The molecule has 2 aliphatic rings. The van der Waals surface area contributed by atoms with Crippen molar-refractivity contribution in [3.63, 3.8) is 0 Å². The van der Waals surface area contributed by atoms with Gasteiger partial charge < -0.3 is 9.91 Å². The van der Waals surface area contributed by atoms with Crippen LogP contribution in [0.5, 0.6) is 0 Å². The van der Waals surface area contributed by atoms with Gasteiger partial charge in [0.1, 0.15) is 5.82 Å². The third kappa shape index (κ3) is 9.66. The average molecular weight is 510 g/mol. The average Bonchev–Trinajstić information content (AvgIpc) is 2.91. The first-order chi connectivity index (χ1) is 17.9. The van der Waals surface area contributed by atoms with Gasteiger partial charge in [-0.3, -0.25) is 0 Å². The van der Waals surface area contributed by atoms with E-state index in [-0.39, 0.29) is 5.82 Å². The van der Waals surface area contributed by atoms with Gasteiger partial charge in [0.15, 0.2) is 0 Å². The number of allylic oxidation sites excluding steroid dienone is 5. The molecule has 0 aliphatic carbocycles. The Balaban J connectivity index is 0.00000104. The van der Waals surface area contributed by atoms with E-state index in [0.717, 1.165) is 43.7 Å². The Morgan fingerprint density at radius 1 is 1.08 bits per heavy atom. The summed E-state index contributed by atoms with van der Waals surface area (Å²) in [4.78, 5) is 2.25. The Hall–Kier alpha value is -2.59. The van der Waals surface area contributed by atoms with Crippen molar-refractivity contribution in [2.45, 2.75) is 86.6 Å². The molecule has 4 heteroatoms. The van der Waals surface area contributed by atoms with Crippen molar-refractivity contribution >= 4 is 5.70 Å². The molecule has 37 heavy (non-hydrogen) atoms. The van der Waals surface area contributed by atoms with Crippen LogP contribution in [0, 0.1) is 12.7 Å². The molecule has 0 spiro atoms. The molecule has 0 aromatic heterocycles. The topological polar surface area (TPSA) is 9.72 Å². The van der Waals surface area contributed by atoms with E-state index >= 15 is 0 Å². The third-order valence-electron chi connectivity index (χ3n) is 6.40. The quantitative estimate of drug-likeness (QED) is 0.230. The van der Waals surface area contributed by atoms with E-state index in [2.05, 4.69) is 86.7 Å². The lowest BCUT2D eigenvalue weighted by atomic mass is 9.93. The van der Waals surface area contributed by atoms with Crippen molar-refractivity contribution in [1.29, 1.82) is 0 Å². The number of likely N-dealkylation sites (N-methyl/N-ethyl adjacent to an activating group) is 1. The third-order valence-corrected chi connectivity index (χ3v) is 6.40. The van der Waals surface area contributed by atoms with Crippen LogP contribution >= 0.6 is 0 Å². The highest BCUT2D eigenvalue weighted by Crippen LogP contribution is 2.33. The second-order valence-corrected chi connectivity index (χ2v) is 9.43. The van der Waals surface area contributed by atoms with E-state index < -0.39 is 0 Å². The first-order valence-corrected chi connectivity index (χ1v) is 14.3. The SMILES string of the molecule is C=CCC.CC.CCCCCN(CCC)N1C=C(C2=C(c3ccc(F)c(C)c3)N(C)CC=C2)C=CC1C. The maximum Gasteiger partial charge on any atom is 0.126 e. The molecule has 0 fully saturated rings. The number of hydrogen-bond acceptors (Lipinski definition) is 3. The fourth-order valence-corrected chi connectivity index (χ4v) is 4.38. The van der Waals surface area contributed by atoms with Crippen LogP contribution in [0.3, 0.4) is 0 Å². The minimum Gasteiger partial charge on any atom is -0.370 e.